The van der Waals surface area contributed by atoms with Gasteiger partial charge in [-0.2, -0.15) is 0 Å². The van der Waals surface area contributed by atoms with Crippen molar-refractivity contribution in [2.45, 2.75) is 154 Å². The number of carbonyl (C=O) groups excluding carboxylic acids is 6. The van der Waals surface area contributed by atoms with Crippen molar-refractivity contribution in [1.29, 1.82) is 0 Å². The Morgan fingerprint density at radius 3 is 1.65 bits per heavy atom. The van der Waals surface area contributed by atoms with E-state index in [0.29, 0.717) is 30.4 Å². The van der Waals surface area contributed by atoms with E-state index in [1.807, 2.05) is 13.8 Å². The second kappa shape index (κ2) is 28.5. The van der Waals surface area contributed by atoms with Crippen LogP contribution < -0.4 is 32.7 Å². The molecule has 18 nitrogen and oxygen atoms in total. The summed E-state index contributed by atoms with van der Waals surface area (Å²) in [7, 11) is 0. The average molecular weight is 868 g/mol. The summed E-state index contributed by atoms with van der Waals surface area (Å²) in [5, 5.41) is 40.9. The first-order chi connectivity index (χ1) is 29.5. The average Bonchev–Trinajstić information content (AvgIpc) is 3.22. The van der Waals surface area contributed by atoms with Crippen molar-refractivity contribution >= 4 is 47.1 Å². The number of hydrogen-bond donors (Lipinski definition) is 8. The summed E-state index contributed by atoms with van der Waals surface area (Å²) in [5.74, 6) is -5.76. The highest BCUT2D eigenvalue weighted by Crippen LogP contribution is 2.27. The van der Waals surface area contributed by atoms with Gasteiger partial charge in [0.25, 0.3) is 0 Å². The largest absolute Gasteiger partial charge is 0.502 e. The van der Waals surface area contributed by atoms with E-state index >= 15 is 0 Å². The van der Waals surface area contributed by atoms with Crippen LogP contribution in [0.5, 0.6) is 5.75 Å². The Labute approximate surface area is 362 Å². The number of unbranched alkanes of at least 4 members (excludes halogenated alkanes) is 11. The first-order valence-corrected chi connectivity index (χ1v) is 21.5. The zero-order valence-electron chi connectivity index (χ0n) is 35.9. The number of aliphatic carboxylic acids is 1. The molecule has 0 saturated carbocycles. The van der Waals surface area contributed by atoms with Crippen LogP contribution in [0.15, 0.2) is 48.5 Å². The minimum Gasteiger partial charge on any atom is -0.502 e. The number of carboxylic acid groups (broad SMARTS) is 1. The lowest BCUT2D eigenvalue weighted by Gasteiger charge is -2.26. The highest BCUT2D eigenvalue weighted by molar-refractivity contribution is 5.94. The molecule has 6 amide bonds. The summed E-state index contributed by atoms with van der Waals surface area (Å²) >= 11 is 0. The van der Waals surface area contributed by atoms with Crippen LogP contribution in [-0.2, 0) is 46.4 Å². The summed E-state index contributed by atoms with van der Waals surface area (Å²) in [4.78, 5) is 97.6. The van der Waals surface area contributed by atoms with Gasteiger partial charge in [0.15, 0.2) is 5.75 Å². The van der Waals surface area contributed by atoms with Gasteiger partial charge >= 0.3 is 11.7 Å². The quantitative estimate of drug-likeness (QED) is 0.0296. The van der Waals surface area contributed by atoms with E-state index < -0.39 is 82.5 Å². The fraction of sp³-hybridized carbons (Fsp3) is 0.568. The smallest absolute Gasteiger partial charge is 0.326 e. The minimum atomic E-state index is -1.28. The van der Waals surface area contributed by atoms with Crippen LogP contribution in [0.4, 0.5) is 5.69 Å². The number of benzene rings is 2. The molecule has 0 aliphatic carbocycles. The molecule has 62 heavy (non-hydrogen) atoms. The molecule has 0 spiro atoms. The van der Waals surface area contributed by atoms with Gasteiger partial charge in [-0.3, -0.25) is 38.9 Å². The third-order valence-corrected chi connectivity index (χ3v) is 10.7. The standard InChI is InChI=1S/C44H65N7O11/c1-3-29(2)40(43(58)48-32(41(46)56)26-31-23-24-36(52)35(27-31)51(61)62)50-39(55)22-18-13-11-9-7-5-4-6-8-10-12-17-21-38(54)47-33(28-37(45)53)42(57)49-34(44(59)60)25-30-19-15-14-16-20-30/h14-16,19-20,23-24,27,29,32-34,40,52H,3-13,17-18,21-22,25-26,28H2,1-2H3,(H2,45,53)(H2,46,56)(H,47,54)(H,48,58)(H,49,57)(H,50,55)(H,59,60)/t29?,32-,33-,34-,40-/m0/s1. The molecule has 0 bridgehead atoms. The SMILES string of the molecule is CCC(C)[C@H](NC(=O)CCCCCCCCCCCCCCC(=O)N[C@@H](CC(N)=O)C(=O)N[C@@H](Cc1ccccc1)C(=O)O)C(=O)N[C@@H](Cc1ccc(O)c([N+](=O)[O-])c1)C(N)=O. The van der Waals surface area contributed by atoms with Crippen molar-refractivity contribution < 1.29 is 48.7 Å². The summed E-state index contributed by atoms with van der Waals surface area (Å²) in [5.41, 5.74) is 11.3. The molecular formula is C44H65N7O11. The van der Waals surface area contributed by atoms with Crippen molar-refractivity contribution in [3.8, 4) is 5.75 Å². The summed E-state index contributed by atoms with van der Waals surface area (Å²) in [6.07, 6.45) is 11.6. The van der Waals surface area contributed by atoms with Crippen LogP contribution >= 0.6 is 0 Å². The van der Waals surface area contributed by atoms with Gasteiger partial charge in [-0.05, 0) is 36.0 Å². The molecule has 0 aromatic heterocycles. The molecule has 0 aliphatic heterocycles. The van der Waals surface area contributed by atoms with Crippen molar-refractivity contribution in [3.05, 3.63) is 69.8 Å². The number of nitro benzene ring substituents is 1. The Morgan fingerprint density at radius 1 is 0.661 bits per heavy atom. The van der Waals surface area contributed by atoms with Crippen molar-refractivity contribution in [1.82, 2.24) is 21.3 Å². The number of amides is 6. The van der Waals surface area contributed by atoms with Gasteiger partial charge < -0.3 is 42.9 Å². The van der Waals surface area contributed by atoms with Gasteiger partial charge in [-0.25, -0.2) is 4.79 Å². The maximum Gasteiger partial charge on any atom is 0.326 e. The summed E-state index contributed by atoms with van der Waals surface area (Å²) in [6, 6.07) is 7.77. The van der Waals surface area contributed by atoms with Crippen molar-refractivity contribution in [2.24, 2.45) is 17.4 Å². The van der Waals surface area contributed by atoms with Gasteiger partial charge in [0.2, 0.25) is 35.4 Å². The topological polar surface area (TPSA) is 303 Å². The fourth-order valence-corrected chi connectivity index (χ4v) is 6.85. The predicted octanol–water partition coefficient (Wildman–Crippen LogP) is 3.98. The number of carboxylic acids is 1. The number of phenolic OH excluding ortho intramolecular Hbond substituents is 1. The predicted molar refractivity (Wildman–Crippen MR) is 231 cm³/mol. The number of nitrogens with two attached hydrogens (primary N) is 2. The van der Waals surface area contributed by atoms with E-state index in [-0.39, 0.29) is 37.5 Å². The molecule has 0 aliphatic rings. The van der Waals surface area contributed by atoms with E-state index in [9.17, 15) is 53.9 Å². The third-order valence-electron chi connectivity index (χ3n) is 10.7. The van der Waals surface area contributed by atoms with Crippen LogP contribution in [0.25, 0.3) is 0 Å². The molecule has 5 atom stereocenters. The van der Waals surface area contributed by atoms with Crippen molar-refractivity contribution in [3.63, 3.8) is 0 Å². The molecule has 18 heteroatoms. The first kappa shape index (κ1) is 52.1. The second-order valence-electron chi connectivity index (χ2n) is 15.8. The van der Waals surface area contributed by atoms with Crippen LogP contribution in [0.2, 0.25) is 0 Å². The molecule has 342 valence electrons. The Hall–Kier alpha value is -6.07. The zero-order chi connectivity index (χ0) is 46.0. The van der Waals surface area contributed by atoms with Gasteiger partial charge in [-0.1, -0.05) is 121 Å². The summed E-state index contributed by atoms with van der Waals surface area (Å²) in [6.45, 7) is 3.68. The highest BCUT2D eigenvalue weighted by atomic mass is 16.6. The Morgan fingerprint density at radius 2 is 1.16 bits per heavy atom. The van der Waals surface area contributed by atoms with E-state index in [4.69, 9.17) is 11.5 Å². The normalized spacial score (nSPS) is 13.4. The lowest BCUT2D eigenvalue weighted by Crippen LogP contribution is -2.55. The fourth-order valence-electron chi connectivity index (χ4n) is 6.85. The Bertz CT molecular complexity index is 1790. The second-order valence-corrected chi connectivity index (χ2v) is 15.8. The highest BCUT2D eigenvalue weighted by Gasteiger charge is 2.30. The summed E-state index contributed by atoms with van der Waals surface area (Å²) < 4.78 is 0. The van der Waals surface area contributed by atoms with E-state index in [1.54, 1.807) is 30.3 Å². The molecule has 0 saturated heterocycles. The van der Waals surface area contributed by atoms with Gasteiger partial charge in [0.05, 0.1) is 11.3 Å². The number of nitrogens with zero attached hydrogens (tertiary/aromatic N) is 1. The van der Waals surface area contributed by atoms with Crippen molar-refractivity contribution in [2.75, 3.05) is 0 Å². The Balaban J connectivity index is 1.60. The molecule has 10 N–H and O–H groups in total. The lowest BCUT2D eigenvalue weighted by atomic mass is 9.96. The molecule has 0 fully saturated rings. The van der Waals surface area contributed by atoms with Gasteiger partial charge in [0, 0.05) is 31.7 Å². The minimum absolute atomic E-state index is 0.0327. The van der Waals surface area contributed by atoms with Crippen LogP contribution in [0.3, 0.4) is 0 Å². The van der Waals surface area contributed by atoms with E-state index in [0.717, 1.165) is 76.3 Å². The van der Waals surface area contributed by atoms with Crippen LogP contribution in [-0.4, -0.2) is 80.7 Å². The van der Waals surface area contributed by atoms with Gasteiger partial charge in [0.1, 0.15) is 24.2 Å². The molecule has 2 rings (SSSR count). The number of aromatic hydroxyl groups is 1. The number of hydrogen-bond acceptors (Lipinski definition) is 10. The monoisotopic (exact) mass is 867 g/mol. The number of carbonyl (C=O) groups is 7. The number of nitro groups is 1. The molecule has 1 unspecified atom stereocenters. The number of nitrogens with one attached hydrogen (secondary N) is 4. The molecule has 2 aromatic carbocycles. The van der Waals surface area contributed by atoms with E-state index in [1.165, 1.54) is 6.07 Å². The van der Waals surface area contributed by atoms with Crippen LogP contribution in [0, 0.1) is 16.0 Å². The molecular weight excluding hydrogens is 803 g/mol. The number of rotatable bonds is 32. The molecule has 0 radical (unpaired) electrons. The number of phenols is 1. The third kappa shape index (κ3) is 20.5. The maximum atomic E-state index is 13.2. The van der Waals surface area contributed by atoms with Crippen LogP contribution in [0.1, 0.15) is 128 Å². The molecule has 2 aromatic rings. The Kier molecular flexibility index (Phi) is 23.9. The maximum absolute atomic E-state index is 13.2. The van der Waals surface area contributed by atoms with Gasteiger partial charge in [-0.15, -0.1) is 0 Å². The van der Waals surface area contributed by atoms with E-state index in [2.05, 4.69) is 21.3 Å². The zero-order valence-corrected chi connectivity index (χ0v) is 35.9. The molecule has 0 heterocycles. The lowest BCUT2D eigenvalue weighted by molar-refractivity contribution is -0.385. The number of primary amides is 2. The first-order valence-electron chi connectivity index (χ1n) is 21.5.